The molecule has 0 amide bonds. The number of hydrogen-bond acceptors (Lipinski definition) is 3. The first kappa shape index (κ1) is 19.6. The van der Waals surface area contributed by atoms with Crippen molar-refractivity contribution in [3.05, 3.63) is 65.2 Å². The number of aryl methyl sites for hydroxylation is 2. The Morgan fingerprint density at radius 3 is 2.43 bits per heavy atom. The van der Waals surface area contributed by atoms with Gasteiger partial charge in [0, 0.05) is 0 Å². The van der Waals surface area contributed by atoms with Gasteiger partial charge < -0.3 is 9.64 Å². The van der Waals surface area contributed by atoms with Crippen molar-refractivity contribution < 1.29 is 18.1 Å². The topological polar surface area (TPSA) is 59.8 Å². The Kier molecular flexibility index (Phi) is 6.11. The zero-order valence-electron chi connectivity index (χ0n) is 16.2. The monoisotopic (exact) mass is 401 g/mol. The molecule has 2 N–H and O–H groups in total. The molecule has 0 unspecified atom stereocenters. The highest BCUT2D eigenvalue weighted by Crippen LogP contribution is 2.25. The van der Waals surface area contributed by atoms with E-state index in [4.69, 9.17) is 4.74 Å². The van der Waals surface area contributed by atoms with Crippen molar-refractivity contribution in [1.29, 1.82) is 0 Å². The SMILES string of the molecule is O=S(=O)(N[C@H](C[NH+]1CCOCC1)c1ccccc1)c1ccc2c(c1)CCCC2. The molecular weight excluding hydrogens is 372 g/mol. The highest BCUT2D eigenvalue weighted by molar-refractivity contribution is 7.89. The number of nitrogens with one attached hydrogen (secondary N) is 2. The molecule has 5 nitrogen and oxygen atoms in total. The van der Waals surface area contributed by atoms with Crippen LogP contribution in [0.3, 0.4) is 0 Å². The zero-order valence-corrected chi connectivity index (χ0v) is 17.0. The first-order chi connectivity index (χ1) is 13.6. The number of fused-ring (bicyclic) bond motifs is 1. The molecule has 150 valence electrons. The van der Waals surface area contributed by atoms with Gasteiger partial charge in [0.2, 0.25) is 10.0 Å². The van der Waals surface area contributed by atoms with Crippen molar-refractivity contribution in [2.45, 2.75) is 36.6 Å². The van der Waals surface area contributed by atoms with Gasteiger partial charge in [-0.05, 0) is 54.5 Å². The quantitative estimate of drug-likeness (QED) is 0.771. The van der Waals surface area contributed by atoms with Crippen molar-refractivity contribution in [3.8, 4) is 0 Å². The Morgan fingerprint density at radius 2 is 1.68 bits per heavy atom. The largest absolute Gasteiger partial charge is 0.370 e. The van der Waals surface area contributed by atoms with E-state index >= 15 is 0 Å². The summed E-state index contributed by atoms with van der Waals surface area (Å²) in [5.74, 6) is 0. The van der Waals surface area contributed by atoms with Gasteiger partial charge >= 0.3 is 0 Å². The Hall–Kier alpha value is -1.73. The Balaban J connectivity index is 1.57. The molecule has 1 atom stereocenters. The summed E-state index contributed by atoms with van der Waals surface area (Å²) in [6, 6.07) is 15.3. The van der Waals surface area contributed by atoms with Crippen LogP contribution in [-0.2, 0) is 27.6 Å². The van der Waals surface area contributed by atoms with Crippen LogP contribution in [0.1, 0.15) is 35.6 Å². The third-order valence-electron chi connectivity index (χ3n) is 5.82. The molecule has 2 aromatic carbocycles. The summed E-state index contributed by atoms with van der Waals surface area (Å²) < 4.78 is 34.8. The number of morpholine rings is 1. The standard InChI is InChI=1S/C22H28N2O3S/c25-28(26,21-11-10-18-6-4-5-9-20(18)16-21)23-22(19-7-2-1-3-8-19)17-24-12-14-27-15-13-24/h1-3,7-8,10-11,16,22-23H,4-6,9,12-15,17H2/p+1/t22-/m1/s1. The summed E-state index contributed by atoms with van der Waals surface area (Å²) in [6.07, 6.45) is 4.35. The summed E-state index contributed by atoms with van der Waals surface area (Å²) in [4.78, 5) is 1.75. The lowest BCUT2D eigenvalue weighted by molar-refractivity contribution is -0.909. The molecule has 4 rings (SSSR count). The molecule has 0 bridgehead atoms. The van der Waals surface area contributed by atoms with E-state index in [1.807, 2.05) is 42.5 Å². The van der Waals surface area contributed by atoms with E-state index in [1.54, 1.807) is 6.07 Å². The van der Waals surface area contributed by atoms with Gasteiger partial charge in [-0.25, -0.2) is 8.42 Å². The smallest absolute Gasteiger partial charge is 0.241 e. The van der Waals surface area contributed by atoms with Gasteiger partial charge in [-0.2, -0.15) is 4.72 Å². The van der Waals surface area contributed by atoms with E-state index < -0.39 is 10.0 Å². The molecule has 1 aliphatic heterocycles. The van der Waals surface area contributed by atoms with Crippen LogP contribution in [0.2, 0.25) is 0 Å². The maximum atomic E-state index is 13.2. The number of quaternary nitrogens is 1. The lowest BCUT2D eigenvalue weighted by Crippen LogP contribution is -3.14. The first-order valence-electron chi connectivity index (χ1n) is 10.2. The second-order valence-corrected chi connectivity index (χ2v) is 9.50. The molecule has 2 aliphatic rings. The molecule has 2 aromatic rings. The predicted octanol–water partition coefficient (Wildman–Crippen LogP) is 1.50. The minimum absolute atomic E-state index is 0.254. The van der Waals surface area contributed by atoms with E-state index in [9.17, 15) is 8.42 Å². The number of ether oxygens (including phenoxy) is 1. The van der Waals surface area contributed by atoms with Gasteiger partial charge in [-0.1, -0.05) is 36.4 Å². The van der Waals surface area contributed by atoms with Crippen LogP contribution in [0.4, 0.5) is 0 Å². The Morgan fingerprint density at radius 1 is 0.964 bits per heavy atom. The van der Waals surface area contributed by atoms with Crippen LogP contribution < -0.4 is 9.62 Å². The first-order valence-corrected chi connectivity index (χ1v) is 11.7. The van der Waals surface area contributed by atoms with Gasteiger partial charge in [0.05, 0.1) is 30.7 Å². The minimum atomic E-state index is -3.59. The molecule has 0 saturated carbocycles. The Bertz CT molecular complexity index is 893. The molecule has 28 heavy (non-hydrogen) atoms. The van der Waals surface area contributed by atoms with Gasteiger partial charge in [-0.15, -0.1) is 0 Å². The highest BCUT2D eigenvalue weighted by atomic mass is 32.2. The average Bonchev–Trinajstić information content (AvgIpc) is 2.74. The minimum Gasteiger partial charge on any atom is -0.370 e. The van der Waals surface area contributed by atoms with Crippen molar-refractivity contribution in [3.63, 3.8) is 0 Å². The van der Waals surface area contributed by atoms with E-state index in [0.717, 1.165) is 57.7 Å². The van der Waals surface area contributed by atoms with Gasteiger partial charge in [-0.3, -0.25) is 0 Å². The van der Waals surface area contributed by atoms with Crippen LogP contribution in [0.5, 0.6) is 0 Å². The molecule has 1 heterocycles. The molecule has 1 aliphatic carbocycles. The molecule has 1 fully saturated rings. The molecule has 6 heteroatoms. The van der Waals surface area contributed by atoms with Crippen LogP contribution >= 0.6 is 0 Å². The summed E-state index contributed by atoms with van der Waals surface area (Å²) in [5.41, 5.74) is 3.48. The van der Waals surface area contributed by atoms with Gasteiger partial charge in [0.15, 0.2) is 0 Å². The van der Waals surface area contributed by atoms with Crippen LogP contribution in [0, 0.1) is 0 Å². The van der Waals surface area contributed by atoms with Gasteiger partial charge in [0.1, 0.15) is 13.1 Å². The molecule has 0 aromatic heterocycles. The van der Waals surface area contributed by atoms with E-state index in [-0.39, 0.29) is 6.04 Å². The number of rotatable bonds is 6. The maximum absolute atomic E-state index is 13.2. The highest BCUT2D eigenvalue weighted by Gasteiger charge is 2.27. The van der Waals surface area contributed by atoms with E-state index in [2.05, 4.69) is 4.72 Å². The van der Waals surface area contributed by atoms with Crippen molar-refractivity contribution >= 4 is 10.0 Å². The normalized spacial score (nSPS) is 19.1. The fraction of sp³-hybridized carbons (Fsp3) is 0.455. The number of sulfonamides is 1. The predicted molar refractivity (Wildman–Crippen MR) is 109 cm³/mol. The average molecular weight is 402 g/mol. The summed E-state index contributed by atoms with van der Waals surface area (Å²) in [7, 11) is -3.59. The lowest BCUT2D eigenvalue weighted by Gasteiger charge is -2.28. The van der Waals surface area contributed by atoms with E-state index in [1.165, 1.54) is 22.4 Å². The van der Waals surface area contributed by atoms with Crippen LogP contribution in [0.25, 0.3) is 0 Å². The van der Waals surface area contributed by atoms with Crippen molar-refractivity contribution in [1.82, 2.24) is 4.72 Å². The third kappa shape index (κ3) is 4.63. The zero-order chi connectivity index (χ0) is 19.4. The second kappa shape index (κ2) is 8.74. The van der Waals surface area contributed by atoms with Crippen molar-refractivity contribution in [2.75, 3.05) is 32.8 Å². The third-order valence-corrected chi connectivity index (χ3v) is 7.29. The summed E-state index contributed by atoms with van der Waals surface area (Å²) in [6.45, 7) is 3.99. The van der Waals surface area contributed by atoms with E-state index in [0.29, 0.717) is 4.90 Å². The van der Waals surface area contributed by atoms with Crippen molar-refractivity contribution in [2.24, 2.45) is 0 Å². The summed E-state index contributed by atoms with van der Waals surface area (Å²) in [5, 5.41) is 0. The molecule has 1 saturated heterocycles. The number of hydrogen-bond donors (Lipinski definition) is 2. The molecule has 0 radical (unpaired) electrons. The Labute approximate surface area is 167 Å². The lowest BCUT2D eigenvalue weighted by atomic mass is 9.92. The maximum Gasteiger partial charge on any atom is 0.241 e. The van der Waals surface area contributed by atoms with Crippen LogP contribution in [0.15, 0.2) is 53.4 Å². The fourth-order valence-corrected chi connectivity index (χ4v) is 5.47. The molecule has 0 spiro atoms. The second-order valence-electron chi connectivity index (χ2n) is 7.79. The van der Waals surface area contributed by atoms with Crippen LogP contribution in [-0.4, -0.2) is 41.3 Å². The number of benzene rings is 2. The van der Waals surface area contributed by atoms with Gasteiger partial charge in [0.25, 0.3) is 0 Å². The molecular formula is C22H29N2O3S+. The fourth-order valence-electron chi connectivity index (χ4n) is 4.20. The summed E-state index contributed by atoms with van der Waals surface area (Å²) >= 11 is 0.